The van der Waals surface area contributed by atoms with E-state index in [0.717, 1.165) is 27.9 Å². The molecule has 0 unspecified atom stereocenters. The lowest BCUT2D eigenvalue weighted by Gasteiger charge is -2.24. The van der Waals surface area contributed by atoms with Gasteiger partial charge in [0.05, 0.1) is 0 Å². The van der Waals surface area contributed by atoms with Gasteiger partial charge in [0.25, 0.3) is 5.91 Å². The van der Waals surface area contributed by atoms with Gasteiger partial charge < -0.3 is 19.7 Å². The van der Waals surface area contributed by atoms with E-state index in [-0.39, 0.29) is 24.9 Å². The molecule has 0 aliphatic carbocycles. The first-order valence-corrected chi connectivity index (χ1v) is 13.4. The fourth-order valence-corrected chi connectivity index (χ4v) is 4.35. The van der Waals surface area contributed by atoms with Crippen LogP contribution in [0.5, 0.6) is 11.5 Å². The van der Waals surface area contributed by atoms with E-state index >= 15 is 0 Å². The first kappa shape index (κ1) is 28.4. The molecule has 0 heterocycles. The third-order valence-corrected chi connectivity index (χ3v) is 6.64. The molecule has 0 atom stereocenters. The number of nitrogens with one attached hydrogen (secondary N) is 1. The van der Waals surface area contributed by atoms with Gasteiger partial charge in [-0.2, -0.15) is 0 Å². The SMILES string of the molecule is Cc1ccc(C)c(OCC(=O)c2ccccc2NCCN(C(=O)COc2cc(C)ccc2C)c2ccccc2)c1. The van der Waals surface area contributed by atoms with Crippen LogP contribution >= 0.6 is 0 Å². The fraction of sp³-hybridized carbons (Fsp3) is 0.235. The molecule has 1 N–H and O–H groups in total. The normalized spacial score (nSPS) is 10.6. The monoisotopic (exact) mass is 536 g/mol. The standard InChI is InChI=1S/C34H36N2O4/c1-24-14-16-26(3)32(20-24)39-22-31(37)29-12-8-9-13-30(29)35-18-19-36(28-10-6-5-7-11-28)34(38)23-40-33-21-25(2)15-17-27(33)4/h5-17,20-21,35H,18-19,22-23H2,1-4H3. The Labute approximate surface area is 236 Å². The molecule has 4 aromatic rings. The number of aryl methyl sites for hydroxylation is 4. The quantitative estimate of drug-likeness (QED) is 0.204. The van der Waals surface area contributed by atoms with Crippen molar-refractivity contribution >= 4 is 23.1 Å². The molecule has 206 valence electrons. The number of anilines is 2. The number of carbonyl (C=O) groups excluding carboxylic acids is 2. The second-order valence-electron chi connectivity index (χ2n) is 9.89. The van der Waals surface area contributed by atoms with Crippen LogP contribution in [0.2, 0.25) is 0 Å². The maximum absolute atomic E-state index is 13.3. The Morgan fingerprint density at radius 1 is 0.700 bits per heavy atom. The summed E-state index contributed by atoms with van der Waals surface area (Å²) >= 11 is 0. The van der Waals surface area contributed by atoms with Gasteiger partial charge in [-0.15, -0.1) is 0 Å². The molecule has 0 saturated carbocycles. The van der Waals surface area contributed by atoms with E-state index in [1.807, 2.05) is 113 Å². The first-order chi connectivity index (χ1) is 19.3. The summed E-state index contributed by atoms with van der Waals surface area (Å²) in [6.07, 6.45) is 0. The van der Waals surface area contributed by atoms with Crippen LogP contribution in [0.15, 0.2) is 91.0 Å². The maximum Gasteiger partial charge on any atom is 0.264 e. The molecule has 40 heavy (non-hydrogen) atoms. The van der Waals surface area contributed by atoms with Crippen LogP contribution in [0.4, 0.5) is 11.4 Å². The largest absolute Gasteiger partial charge is 0.485 e. The molecule has 0 aliphatic heterocycles. The Kier molecular flexibility index (Phi) is 9.57. The Hall–Kier alpha value is -4.58. The third kappa shape index (κ3) is 7.50. The maximum atomic E-state index is 13.3. The summed E-state index contributed by atoms with van der Waals surface area (Å²) in [5, 5.41) is 3.35. The smallest absolute Gasteiger partial charge is 0.264 e. The van der Waals surface area contributed by atoms with Crippen molar-refractivity contribution in [1.29, 1.82) is 0 Å². The Bertz CT molecular complexity index is 1470. The van der Waals surface area contributed by atoms with Gasteiger partial charge in [-0.1, -0.05) is 54.6 Å². The van der Waals surface area contributed by atoms with Gasteiger partial charge in [0, 0.05) is 30.0 Å². The van der Waals surface area contributed by atoms with E-state index in [0.29, 0.717) is 35.8 Å². The first-order valence-electron chi connectivity index (χ1n) is 13.4. The number of rotatable bonds is 12. The highest BCUT2D eigenvalue weighted by molar-refractivity contribution is 6.02. The van der Waals surface area contributed by atoms with Crippen molar-refractivity contribution in [2.75, 3.05) is 36.5 Å². The van der Waals surface area contributed by atoms with Crippen LogP contribution in [-0.2, 0) is 4.79 Å². The number of amides is 1. The van der Waals surface area contributed by atoms with Crippen molar-refractivity contribution in [3.05, 3.63) is 119 Å². The molecule has 0 aliphatic rings. The molecular formula is C34H36N2O4. The van der Waals surface area contributed by atoms with Gasteiger partial charge in [0.2, 0.25) is 5.78 Å². The number of nitrogens with zero attached hydrogens (tertiary/aromatic N) is 1. The van der Waals surface area contributed by atoms with Crippen molar-refractivity contribution in [3.63, 3.8) is 0 Å². The molecule has 1 amide bonds. The summed E-state index contributed by atoms with van der Waals surface area (Å²) < 4.78 is 11.8. The van der Waals surface area contributed by atoms with Crippen LogP contribution in [0.1, 0.15) is 32.6 Å². The Balaban J connectivity index is 1.41. The number of ketones is 1. The van der Waals surface area contributed by atoms with Crippen molar-refractivity contribution in [3.8, 4) is 11.5 Å². The molecule has 0 fully saturated rings. The third-order valence-electron chi connectivity index (χ3n) is 6.64. The van der Waals surface area contributed by atoms with E-state index < -0.39 is 0 Å². The van der Waals surface area contributed by atoms with E-state index in [1.54, 1.807) is 11.0 Å². The summed E-state index contributed by atoms with van der Waals surface area (Å²) in [6.45, 7) is 8.59. The molecule has 0 radical (unpaired) electrons. The van der Waals surface area contributed by atoms with Gasteiger partial charge in [-0.05, 0) is 86.3 Å². The number of para-hydroxylation sites is 2. The van der Waals surface area contributed by atoms with Gasteiger partial charge in [0.15, 0.2) is 13.2 Å². The van der Waals surface area contributed by atoms with Gasteiger partial charge in [-0.3, -0.25) is 9.59 Å². The predicted octanol–water partition coefficient (Wildman–Crippen LogP) is 6.71. The van der Waals surface area contributed by atoms with Crippen molar-refractivity contribution in [2.24, 2.45) is 0 Å². The minimum Gasteiger partial charge on any atom is -0.485 e. The average Bonchev–Trinajstić information content (AvgIpc) is 2.96. The van der Waals surface area contributed by atoms with Crippen LogP contribution < -0.4 is 19.7 Å². The van der Waals surface area contributed by atoms with Gasteiger partial charge >= 0.3 is 0 Å². The van der Waals surface area contributed by atoms with Crippen molar-refractivity contribution in [1.82, 2.24) is 0 Å². The average molecular weight is 537 g/mol. The molecule has 0 saturated heterocycles. The summed E-state index contributed by atoms with van der Waals surface area (Å²) in [5.74, 6) is 1.14. The highest BCUT2D eigenvalue weighted by atomic mass is 16.5. The predicted molar refractivity (Wildman–Crippen MR) is 161 cm³/mol. The zero-order chi connectivity index (χ0) is 28.5. The van der Waals surface area contributed by atoms with E-state index in [2.05, 4.69) is 5.32 Å². The molecule has 6 nitrogen and oxygen atoms in total. The molecule has 0 aromatic heterocycles. The summed E-state index contributed by atoms with van der Waals surface area (Å²) in [5.41, 5.74) is 6.14. The lowest BCUT2D eigenvalue weighted by atomic mass is 10.1. The topological polar surface area (TPSA) is 67.9 Å². The van der Waals surface area contributed by atoms with Crippen LogP contribution in [-0.4, -0.2) is 38.0 Å². The molecule has 4 rings (SSSR count). The fourth-order valence-electron chi connectivity index (χ4n) is 4.35. The minimum absolute atomic E-state index is 0.0622. The second-order valence-corrected chi connectivity index (χ2v) is 9.89. The number of ether oxygens (including phenoxy) is 2. The molecule has 0 bridgehead atoms. The Morgan fingerprint density at radius 3 is 1.93 bits per heavy atom. The Morgan fingerprint density at radius 2 is 1.27 bits per heavy atom. The van der Waals surface area contributed by atoms with Gasteiger partial charge in [-0.25, -0.2) is 0 Å². The number of carbonyl (C=O) groups is 2. The van der Waals surface area contributed by atoms with E-state index in [4.69, 9.17) is 9.47 Å². The number of hydrogen-bond donors (Lipinski definition) is 1. The number of hydrogen-bond acceptors (Lipinski definition) is 5. The molecule has 6 heteroatoms. The van der Waals surface area contributed by atoms with Crippen molar-refractivity contribution < 1.29 is 19.1 Å². The van der Waals surface area contributed by atoms with Gasteiger partial charge in [0.1, 0.15) is 11.5 Å². The molecular weight excluding hydrogens is 500 g/mol. The summed E-state index contributed by atoms with van der Waals surface area (Å²) in [7, 11) is 0. The number of Topliss-reactive ketones (excluding diaryl/α,β-unsaturated/α-hetero) is 1. The highest BCUT2D eigenvalue weighted by Crippen LogP contribution is 2.22. The second kappa shape index (κ2) is 13.5. The van der Waals surface area contributed by atoms with Crippen LogP contribution in [0.25, 0.3) is 0 Å². The highest BCUT2D eigenvalue weighted by Gasteiger charge is 2.18. The van der Waals surface area contributed by atoms with Crippen molar-refractivity contribution in [2.45, 2.75) is 27.7 Å². The zero-order valence-electron chi connectivity index (χ0n) is 23.6. The molecule has 0 spiro atoms. The van der Waals surface area contributed by atoms with E-state index in [1.165, 1.54) is 0 Å². The lowest BCUT2D eigenvalue weighted by molar-refractivity contribution is -0.120. The van der Waals surface area contributed by atoms with Crippen LogP contribution in [0, 0.1) is 27.7 Å². The number of benzene rings is 4. The minimum atomic E-state index is -0.153. The zero-order valence-corrected chi connectivity index (χ0v) is 23.6. The molecule has 4 aromatic carbocycles. The lowest BCUT2D eigenvalue weighted by Crippen LogP contribution is -2.38. The summed E-state index contributed by atoms with van der Waals surface area (Å²) in [6, 6.07) is 28.8. The van der Waals surface area contributed by atoms with E-state index in [9.17, 15) is 9.59 Å². The van der Waals surface area contributed by atoms with Crippen LogP contribution in [0.3, 0.4) is 0 Å². The summed E-state index contributed by atoms with van der Waals surface area (Å²) in [4.78, 5) is 28.1.